The number of rotatable bonds is 7. The lowest BCUT2D eigenvalue weighted by Crippen LogP contribution is -2.51. The molecule has 1 heterocycles. The van der Waals surface area contributed by atoms with Crippen LogP contribution in [0.5, 0.6) is 0 Å². The van der Waals surface area contributed by atoms with E-state index >= 15 is 0 Å². The van der Waals surface area contributed by atoms with Crippen LogP contribution in [-0.2, 0) is 9.59 Å². The Morgan fingerprint density at radius 2 is 1.84 bits per heavy atom. The van der Waals surface area contributed by atoms with Gasteiger partial charge in [0.1, 0.15) is 6.29 Å². The molecule has 2 N–H and O–H groups in total. The van der Waals surface area contributed by atoms with Crippen molar-refractivity contribution >= 4 is 12.2 Å². The van der Waals surface area contributed by atoms with E-state index in [1.165, 1.54) is 5.56 Å². The zero-order valence-corrected chi connectivity index (χ0v) is 15.4. The van der Waals surface area contributed by atoms with Crippen LogP contribution in [-0.4, -0.2) is 54.5 Å². The van der Waals surface area contributed by atoms with Crippen LogP contribution >= 0.6 is 0 Å². The second-order valence-corrected chi connectivity index (χ2v) is 7.07. The summed E-state index contributed by atoms with van der Waals surface area (Å²) in [5.74, 6) is -0.395. The van der Waals surface area contributed by atoms with Gasteiger partial charge in [0, 0.05) is 19.1 Å². The number of nitrogens with one attached hydrogen (secondary N) is 1. The average Bonchev–Trinajstić information content (AvgIpc) is 2.65. The minimum atomic E-state index is -0.783. The summed E-state index contributed by atoms with van der Waals surface area (Å²) in [6.45, 7) is 4.90. The quantitative estimate of drug-likeness (QED) is 0.739. The molecule has 1 aromatic carbocycles. The number of nitrogens with zero attached hydrogens (tertiary/aromatic N) is 1. The van der Waals surface area contributed by atoms with Crippen molar-refractivity contribution < 1.29 is 14.7 Å². The fraction of sp³-hybridized carbons (Fsp3) is 0.600. The van der Waals surface area contributed by atoms with Gasteiger partial charge in [-0.05, 0) is 38.3 Å². The predicted molar refractivity (Wildman–Crippen MR) is 98.2 cm³/mol. The molecule has 5 heteroatoms. The molecular weight excluding hydrogens is 316 g/mol. The monoisotopic (exact) mass is 346 g/mol. The number of carbonyl (C=O) groups excluding carboxylic acids is 2. The van der Waals surface area contributed by atoms with Crippen LogP contribution in [0.4, 0.5) is 0 Å². The molecule has 0 spiro atoms. The number of aliphatic hydroxyl groups is 1. The van der Waals surface area contributed by atoms with Gasteiger partial charge in [-0.3, -0.25) is 4.79 Å². The van der Waals surface area contributed by atoms with E-state index in [1.54, 1.807) is 14.0 Å². The molecule has 0 bridgehead atoms. The summed E-state index contributed by atoms with van der Waals surface area (Å²) < 4.78 is 0. The van der Waals surface area contributed by atoms with E-state index in [2.05, 4.69) is 29.6 Å². The molecular formula is C20H30N2O3. The van der Waals surface area contributed by atoms with Gasteiger partial charge in [0.05, 0.1) is 17.9 Å². The number of aliphatic hydroxyl groups excluding tert-OH is 1. The molecule has 25 heavy (non-hydrogen) atoms. The van der Waals surface area contributed by atoms with E-state index in [0.717, 1.165) is 32.2 Å². The van der Waals surface area contributed by atoms with Crippen molar-refractivity contribution in [2.45, 2.75) is 44.8 Å². The van der Waals surface area contributed by atoms with Crippen molar-refractivity contribution in [3.63, 3.8) is 0 Å². The van der Waals surface area contributed by atoms with Crippen molar-refractivity contribution in [1.82, 2.24) is 10.2 Å². The summed E-state index contributed by atoms with van der Waals surface area (Å²) in [7, 11) is 1.73. The standard InChI is InChI=1S/C20H30N2O3/c1-14(19(21-3)18(13-23)15(2)24)20(25)22-11-9-17(10-12-22)16-7-5-4-6-8-16/h4-8,13-15,17-19,21,24H,9-12H2,1-3H3/t14-,15-,18?,19-/m1/s1. The fourth-order valence-electron chi connectivity index (χ4n) is 3.87. The van der Waals surface area contributed by atoms with Crippen molar-refractivity contribution in [2.24, 2.45) is 11.8 Å². The highest BCUT2D eigenvalue weighted by Gasteiger charge is 2.35. The van der Waals surface area contributed by atoms with Gasteiger partial charge in [-0.25, -0.2) is 0 Å². The maximum atomic E-state index is 12.9. The van der Waals surface area contributed by atoms with Crippen LogP contribution in [0, 0.1) is 11.8 Å². The molecule has 5 nitrogen and oxygen atoms in total. The first-order valence-corrected chi connectivity index (χ1v) is 9.14. The summed E-state index contributed by atoms with van der Waals surface area (Å²) in [5, 5.41) is 12.9. The topological polar surface area (TPSA) is 69.6 Å². The maximum absolute atomic E-state index is 12.9. The van der Waals surface area contributed by atoms with Crippen molar-refractivity contribution in [3.8, 4) is 0 Å². The normalized spacial score (nSPS) is 20.6. The molecule has 1 fully saturated rings. The van der Waals surface area contributed by atoms with Gasteiger partial charge in [0.25, 0.3) is 0 Å². The summed E-state index contributed by atoms with van der Waals surface area (Å²) in [6, 6.07) is 10.1. The second-order valence-electron chi connectivity index (χ2n) is 7.07. The fourth-order valence-corrected chi connectivity index (χ4v) is 3.87. The Hall–Kier alpha value is -1.72. The highest BCUT2D eigenvalue weighted by Crippen LogP contribution is 2.29. The van der Waals surface area contributed by atoms with Crippen molar-refractivity contribution in [1.29, 1.82) is 0 Å². The Bertz CT molecular complexity index is 553. The van der Waals surface area contributed by atoms with Crippen LogP contribution in [0.1, 0.15) is 38.2 Å². The van der Waals surface area contributed by atoms with E-state index in [9.17, 15) is 14.7 Å². The predicted octanol–water partition coefficient (Wildman–Crippen LogP) is 1.81. The Morgan fingerprint density at radius 3 is 2.32 bits per heavy atom. The van der Waals surface area contributed by atoms with Gasteiger partial charge in [-0.2, -0.15) is 0 Å². The van der Waals surface area contributed by atoms with Crippen LogP contribution in [0.15, 0.2) is 30.3 Å². The molecule has 1 unspecified atom stereocenters. The van der Waals surface area contributed by atoms with Gasteiger partial charge >= 0.3 is 0 Å². The lowest BCUT2D eigenvalue weighted by Gasteiger charge is -2.37. The zero-order chi connectivity index (χ0) is 18.4. The van der Waals surface area contributed by atoms with Gasteiger partial charge in [0.15, 0.2) is 0 Å². The molecule has 0 aliphatic carbocycles. The second kappa shape index (κ2) is 9.11. The molecule has 138 valence electrons. The zero-order valence-electron chi connectivity index (χ0n) is 15.4. The third kappa shape index (κ3) is 4.67. The van der Waals surface area contributed by atoms with Gasteiger partial charge < -0.3 is 20.1 Å². The molecule has 2 rings (SSSR count). The van der Waals surface area contributed by atoms with E-state index < -0.39 is 12.0 Å². The van der Waals surface area contributed by atoms with Crippen LogP contribution in [0.25, 0.3) is 0 Å². The molecule has 0 aromatic heterocycles. The molecule has 1 amide bonds. The smallest absolute Gasteiger partial charge is 0.226 e. The summed E-state index contributed by atoms with van der Waals surface area (Å²) >= 11 is 0. The Kier molecular flexibility index (Phi) is 7.14. The van der Waals surface area contributed by atoms with Crippen molar-refractivity contribution in [3.05, 3.63) is 35.9 Å². The third-order valence-electron chi connectivity index (χ3n) is 5.47. The van der Waals surface area contributed by atoms with Crippen molar-refractivity contribution in [2.75, 3.05) is 20.1 Å². The molecule has 1 saturated heterocycles. The Labute approximate surface area is 150 Å². The third-order valence-corrected chi connectivity index (χ3v) is 5.47. The van der Waals surface area contributed by atoms with Crippen LogP contribution in [0.3, 0.4) is 0 Å². The number of likely N-dealkylation sites (tertiary alicyclic amines) is 1. The average molecular weight is 346 g/mol. The minimum absolute atomic E-state index is 0.0540. The maximum Gasteiger partial charge on any atom is 0.226 e. The van der Waals surface area contributed by atoms with E-state index in [-0.39, 0.29) is 17.9 Å². The lowest BCUT2D eigenvalue weighted by molar-refractivity contribution is -0.138. The highest BCUT2D eigenvalue weighted by atomic mass is 16.3. The number of carbonyl (C=O) groups is 2. The molecule has 1 aromatic rings. The van der Waals surface area contributed by atoms with E-state index in [1.807, 2.05) is 17.9 Å². The first kappa shape index (κ1) is 19.6. The SMILES string of the molecule is CN[C@@H](C(C=O)[C@@H](C)O)[C@@H](C)C(=O)N1CCC(c2ccccc2)CC1. The lowest BCUT2D eigenvalue weighted by atomic mass is 9.85. The van der Waals surface area contributed by atoms with Crippen LogP contribution in [0.2, 0.25) is 0 Å². The van der Waals surface area contributed by atoms with Gasteiger partial charge in [-0.1, -0.05) is 37.3 Å². The number of amides is 1. The summed E-state index contributed by atoms with van der Waals surface area (Å²) in [5.41, 5.74) is 1.34. The summed E-state index contributed by atoms with van der Waals surface area (Å²) in [4.78, 5) is 26.1. The molecule has 0 radical (unpaired) electrons. The molecule has 4 atom stereocenters. The molecule has 1 aliphatic heterocycles. The van der Waals surface area contributed by atoms with E-state index in [0.29, 0.717) is 5.92 Å². The number of benzene rings is 1. The minimum Gasteiger partial charge on any atom is -0.393 e. The van der Waals surface area contributed by atoms with E-state index in [4.69, 9.17) is 0 Å². The number of hydrogen-bond donors (Lipinski definition) is 2. The molecule has 1 aliphatic rings. The largest absolute Gasteiger partial charge is 0.393 e. The van der Waals surface area contributed by atoms with Gasteiger partial charge in [0.2, 0.25) is 5.91 Å². The first-order valence-electron chi connectivity index (χ1n) is 9.14. The Balaban J connectivity index is 1.97. The van der Waals surface area contributed by atoms with Gasteiger partial charge in [-0.15, -0.1) is 0 Å². The number of hydrogen-bond acceptors (Lipinski definition) is 4. The first-order chi connectivity index (χ1) is 12.0. The molecule has 0 saturated carbocycles. The number of piperidine rings is 1. The summed E-state index contributed by atoms with van der Waals surface area (Å²) in [6.07, 6.45) is 1.88. The number of aldehydes is 1. The van der Waals surface area contributed by atoms with Crippen LogP contribution < -0.4 is 5.32 Å². The highest BCUT2D eigenvalue weighted by molar-refractivity contribution is 5.80. The Morgan fingerprint density at radius 1 is 1.24 bits per heavy atom.